The van der Waals surface area contributed by atoms with E-state index in [4.69, 9.17) is 0 Å². The summed E-state index contributed by atoms with van der Waals surface area (Å²) in [6, 6.07) is 20.8. The van der Waals surface area contributed by atoms with Crippen LogP contribution in [0, 0.1) is 17.2 Å². The zero-order valence-electron chi connectivity index (χ0n) is 10.2. The van der Waals surface area contributed by atoms with Gasteiger partial charge in [0, 0.05) is 0 Å². The van der Waals surface area contributed by atoms with E-state index in [-0.39, 0.29) is 0 Å². The van der Waals surface area contributed by atoms with Crippen LogP contribution in [0.3, 0.4) is 0 Å². The maximum atomic E-state index is 11.0. The second-order valence-corrected chi connectivity index (χ2v) is 4.35. The van der Waals surface area contributed by atoms with E-state index in [1.54, 1.807) is 6.92 Å². The summed E-state index contributed by atoms with van der Waals surface area (Å²) in [5.74, 6) is -0.526. The maximum Gasteiger partial charge on any atom is 0.130 e. The number of nitrogens with zero attached hydrogens (tertiary/aromatic N) is 1. The van der Waals surface area contributed by atoms with Gasteiger partial charge >= 0.3 is 0 Å². The van der Waals surface area contributed by atoms with Gasteiger partial charge in [0.25, 0.3) is 0 Å². The quantitative estimate of drug-likeness (QED) is 0.891. The molecule has 1 N–H and O–H groups in total. The highest BCUT2D eigenvalue weighted by Gasteiger charge is 2.37. The SMILES string of the molecule is C[C@H](C#N)C(O)(c1ccccc1)c1ccccc1. The van der Waals surface area contributed by atoms with Crippen LogP contribution in [0.5, 0.6) is 0 Å². The highest BCUT2D eigenvalue weighted by molar-refractivity contribution is 5.38. The van der Waals surface area contributed by atoms with Gasteiger partial charge in [-0.15, -0.1) is 0 Å². The van der Waals surface area contributed by atoms with E-state index >= 15 is 0 Å². The fourth-order valence-electron chi connectivity index (χ4n) is 2.14. The zero-order chi connectivity index (χ0) is 13.0. The van der Waals surface area contributed by atoms with Crippen LogP contribution in [0.1, 0.15) is 18.1 Å². The normalized spacial score (nSPS) is 12.7. The molecule has 1 atom stereocenters. The van der Waals surface area contributed by atoms with Gasteiger partial charge in [-0.1, -0.05) is 60.7 Å². The summed E-state index contributed by atoms with van der Waals surface area (Å²) >= 11 is 0. The molecular formula is C16H15NO. The van der Waals surface area contributed by atoms with Gasteiger partial charge in [0.1, 0.15) is 5.60 Å². The lowest BCUT2D eigenvalue weighted by molar-refractivity contribution is 0.0463. The van der Waals surface area contributed by atoms with Crippen molar-refractivity contribution in [1.82, 2.24) is 0 Å². The third-order valence-electron chi connectivity index (χ3n) is 3.25. The van der Waals surface area contributed by atoms with E-state index in [1.807, 2.05) is 60.7 Å². The smallest absolute Gasteiger partial charge is 0.130 e. The Morgan fingerprint density at radius 2 is 1.33 bits per heavy atom. The van der Waals surface area contributed by atoms with Crippen LogP contribution in [0.15, 0.2) is 60.7 Å². The van der Waals surface area contributed by atoms with Crippen molar-refractivity contribution in [2.45, 2.75) is 12.5 Å². The van der Waals surface area contributed by atoms with E-state index in [2.05, 4.69) is 6.07 Å². The molecule has 2 rings (SSSR count). The van der Waals surface area contributed by atoms with Crippen LogP contribution in [-0.2, 0) is 5.60 Å². The third-order valence-corrected chi connectivity index (χ3v) is 3.25. The molecule has 18 heavy (non-hydrogen) atoms. The molecule has 0 aliphatic rings. The monoisotopic (exact) mass is 237 g/mol. The van der Waals surface area contributed by atoms with Crippen LogP contribution in [-0.4, -0.2) is 5.11 Å². The van der Waals surface area contributed by atoms with Crippen molar-refractivity contribution >= 4 is 0 Å². The zero-order valence-corrected chi connectivity index (χ0v) is 10.2. The predicted octanol–water partition coefficient (Wildman–Crippen LogP) is 3.08. The minimum absolute atomic E-state index is 0.526. The first-order chi connectivity index (χ1) is 8.69. The van der Waals surface area contributed by atoms with Gasteiger partial charge in [-0.25, -0.2) is 0 Å². The van der Waals surface area contributed by atoms with Gasteiger partial charge in [0.2, 0.25) is 0 Å². The summed E-state index contributed by atoms with van der Waals surface area (Å²) in [7, 11) is 0. The first-order valence-electron chi connectivity index (χ1n) is 5.92. The molecule has 0 aromatic heterocycles. The van der Waals surface area contributed by atoms with E-state index in [0.717, 1.165) is 11.1 Å². The second-order valence-electron chi connectivity index (χ2n) is 4.35. The minimum atomic E-state index is -1.27. The maximum absolute atomic E-state index is 11.0. The molecule has 2 heteroatoms. The molecule has 0 heterocycles. The molecule has 0 fully saturated rings. The Kier molecular flexibility index (Phi) is 3.45. The molecule has 0 saturated carbocycles. The van der Waals surface area contributed by atoms with E-state index in [9.17, 15) is 10.4 Å². The molecule has 0 amide bonds. The Morgan fingerprint density at radius 3 is 1.67 bits per heavy atom. The molecule has 90 valence electrons. The third kappa shape index (κ3) is 2.01. The molecule has 2 aromatic rings. The highest BCUT2D eigenvalue weighted by Crippen LogP contribution is 2.36. The Hall–Kier alpha value is -2.11. The topological polar surface area (TPSA) is 44.0 Å². The first kappa shape index (κ1) is 12.3. The highest BCUT2D eigenvalue weighted by atomic mass is 16.3. The van der Waals surface area contributed by atoms with Gasteiger partial charge < -0.3 is 5.11 Å². The molecule has 2 nitrogen and oxygen atoms in total. The largest absolute Gasteiger partial charge is 0.379 e. The molecule has 0 spiro atoms. The molecular weight excluding hydrogens is 222 g/mol. The molecule has 0 unspecified atom stereocenters. The summed E-state index contributed by atoms with van der Waals surface area (Å²) < 4.78 is 0. The molecule has 0 aliphatic heterocycles. The molecule has 0 bridgehead atoms. The number of aliphatic hydroxyl groups is 1. The van der Waals surface area contributed by atoms with Crippen molar-refractivity contribution in [3.05, 3.63) is 71.8 Å². The molecule has 0 aliphatic carbocycles. The van der Waals surface area contributed by atoms with Crippen LogP contribution < -0.4 is 0 Å². The van der Waals surface area contributed by atoms with Crippen molar-refractivity contribution in [2.75, 3.05) is 0 Å². The number of benzene rings is 2. The van der Waals surface area contributed by atoms with Gasteiger partial charge in [-0.05, 0) is 18.1 Å². The fourth-order valence-corrected chi connectivity index (χ4v) is 2.14. The van der Waals surface area contributed by atoms with Crippen LogP contribution >= 0.6 is 0 Å². The molecule has 2 aromatic carbocycles. The average Bonchev–Trinajstić information content (AvgIpc) is 2.47. The standard InChI is InChI=1S/C16H15NO/c1-13(12-17)16(18,14-8-4-2-5-9-14)15-10-6-3-7-11-15/h2-11,13,18H,1H3/t13-/m1/s1. The summed E-state index contributed by atoms with van der Waals surface area (Å²) in [5.41, 5.74) is 0.215. The van der Waals surface area contributed by atoms with Gasteiger partial charge in [0.15, 0.2) is 0 Å². The summed E-state index contributed by atoms with van der Waals surface area (Å²) in [4.78, 5) is 0. The van der Waals surface area contributed by atoms with E-state index < -0.39 is 11.5 Å². The summed E-state index contributed by atoms with van der Waals surface area (Å²) in [6.07, 6.45) is 0. The van der Waals surface area contributed by atoms with Crippen molar-refractivity contribution in [2.24, 2.45) is 5.92 Å². The lowest BCUT2D eigenvalue weighted by Gasteiger charge is -2.31. The average molecular weight is 237 g/mol. The second kappa shape index (κ2) is 5.03. The van der Waals surface area contributed by atoms with Crippen molar-refractivity contribution < 1.29 is 5.11 Å². The van der Waals surface area contributed by atoms with Crippen molar-refractivity contribution in [3.63, 3.8) is 0 Å². The van der Waals surface area contributed by atoms with Crippen molar-refractivity contribution in [1.29, 1.82) is 5.26 Å². The van der Waals surface area contributed by atoms with Crippen LogP contribution in [0.4, 0.5) is 0 Å². The summed E-state index contributed by atoms with van der Waals surface area (Å²) in [6.45, 7) is 1.74. The van der Waals surface area contributed by atoms with Crippen LogP contribution in [0.25, 0.3) is 0 Å². The van der Waals surface area contributed by atoms with Crippen molar-refractivity contribution in [3.8, 4) is 6.07 Å². The molecule has 0 saturated heterocycles. The summed E-state index contributed by atoms with van der Waals surface area (Å²) in [5, 5.41) is 20.2. The molecule has 0 radical (unpaired) electrons. The fraction of sp³-hybridized carbons (Fsp3) is 0.188. The number of nitriles is 1. The van der Waals surface area contributed by atoms with E-state index in [1.165, 1.54) is 0 Å². The Balaban J connectivity index is 2.60. The number of rotatable bonds is 3. The lowest BCUT2D eigenvalue weighted by atomic mass is 9.77. The minimum Gasteiger partial charge on any atom is -0.379 e. The number of hydrogen-bond acceptors (Lipinski definition) is 2. The lowest BCUT2D eigenvalue weighted by Crippen LogP contribution is -2.34. The predicted molar refractivity (Wildman–Crippen MR) is 70.7 cm³/mol. The Labute approximate surface area is 107 Å². The van der Waals surface area contributed by atoms with Crippen LogP contribution in [0.2, 0.25) is 0 Å². The van der Waals surface area contributed by atoms with Gasteiger partial charge in [-0.3, -0.25) is 0 Å². The van der Waals surface area contributed by atoms with Gasteiger partial charge in [0.05, 0.1) is 12.0 Å². The van der Waals surface area contributed by atoms with Gasteiger partial charge in [-0.2, -0.15) is 5.26 Å². The Morgan fingerprint density at radius 1 is 0.944 bits per heavy atom. The Bertz CT molecular complexity index is 503. The first-order valence-corrected chi connectivity index (χ1v) is 5.92. The number of hydrogen-bond donors (Lipinski definition) is 1. The van der Waals surface area contributed by atoms with E-state index in [0.29, 0.717) is 0 Å².